The number of nitrogens with zero attached hydrogens (tertiary/aromatic N) is 4. The van der Waals surface area contributed by atoms with Crippen molar-refractivity contribution in [2.45, 2.75) is 0 Å². The predicted octanol–water partition coefficient (Wildman–Crippen LogP) is 6.42. The third-order valence-electron chi connectivity index (χ3n) is 6.98. The normalized spacial score (nSPS) is 11.2. The van der Waals surface area contributed by atoms with Gasteiger partial charge in [0.25, 0.3) is 11.1 Å². The first-order valence-corrected chi connectivity index (χ1v) is 12.9. The molecule has 0 N–H and O–H groups in total. The van der Waals surface area contributed by atoms with Crippen molar-refractivity contribution in [1.82, 2.24) is 19.1 Å². The van der Waals surface area contributed by atoms with E-state index in [0.717, 1.165) is 22.5 Å². The number of aromatic nitrogens is 4. The second-order valence-corrected chi connectivity index (χ2v) is 9.43. The smallest absolute Gasteiger partial charge is 0.266 e. The molecule has 0 aliphatic rings. The molecular formula is C34H22N4O2. The zero-order chi connectivity index (χ0) is 27.1. The van der Waals surface area contributed by atoms with Crippen molar-refractivity contribution < 1.29 is 0 Å². The molecule has 2 aromatic heterocycles. The summed E-state index contributed by atoms with van der Waals surface area (Å²) in [7, 11) is 0. The van der Waals surface area contributed by atoms with Gasteiger partial charge in [0.2, 0.25) is 0 Å². The van der Waals surface area contributed by atoms with E-state index >= 15 is 0 Å². The van der Waals surface area contributed by atoms with E-state index in [9.17, 15) is 9.59 Å². The number of hydrogen-bond donors (Lipinski definition) is 0. The van der Waals surface area contributed by atoms with E-state index in [-0.39, 0.29) is 11.1 Å². The summed E-state index contributed by atoms with van der Waals surface area (Å²) in [4.78, 5) is 37.1. The van der Waals surface area contributed by atoms with Gasteiger partial charge in [0.1, 0.15) is 11.6 Å². The summed E-state index contributed by atoms with van der Waals surface area (Å²) >= 11 is 0. The van der Waals surface area contributed by atoms with Crippen molar-refractivity contribution in [1.29, 1.82) is 0 Å². The van der Waals surface area contributed by atoms with Gasteiger partial charge in [-0.2, -0.15) is 0 Å². The average Bonchev–Trinajstić information content (AvgIpc) is 3.02. The minimum atomic E-state index is -0.134. The van der Waals surface area contributed by atoms with E-state index < -0.39 is 0 Å². The summed E-state index contributed by atoms with van der Waals surface area (Å²) in [5, 5.41) is 1.11. The molecule has 0 atom stereocenters. The van der Waals surface area contributed by atoms with Gasteiger partial charge in [0.15, 0.2) is 0 Å². The monoisotopic (exact) mass is 518 g/mol. The van der Waals surface area contributed by atoms with Crippen LogP contribution in [-0.4, -0.2) is 19.1 Å². The number of rotatable bonds is 4. The molecular weight excluding hydrogens is 496 g/mol. The Labute approximate surface area is 229 Å². The summed E-state index contributed by atoms with van der Waals surface area (Å²) < 4.78 is 3.29. The van der Waals surface area contributed by atoms with Crippen molar-refractivity contribution in [3.05, 3.63) is 154 Å². The Bertz CT molecular complexity index is 1980. The lowest BCUT2D eigenvalue weighted by Gasteiger charge is -2.16. The molecule has 0 radical (unpaired) electrons. The maximum absolute atomic E-state index is 13.6. The molecule has 0 aliphatic heterocycles. The van der Waals surface area contributed by atoms with Crippen LogP contribution in [-0.2, 0) is 0 Å². The second kappa shape index (κ2) is 9.60. The molecule has 0 saturated heterocycles. The van der Waals surface area contributed by atoms with Crippen LogP contribution in [0, 0.1) is 0 Å². The van der Waals surface area contributed by atoms with Gasteiger partial charge in [-0.25, -0.2) is 9.97 Å². The first-order chi connectivity index (χ1) is 19.7. The van der Waals surface area contributed by atoms with Crippen molar-refractivity contribution in [3.63, 3.8) is 0 Å². The molecule has 0 unspecified atom stereocenters. The summed E-state index contributed by atoms with van der Waals surface area (Å²) in [6.45, 7) is 0. The van der Waals surface area contributed by atoms with Crippen LogP contribution in [0.15, 0.2) is 143 Å². The Hall–Kier alpha value is -5.62. The highest BCUT2D eigenvalue weighted by Gasteiger charge is 2.17. The molecule has 7 aromatic rings. The lowest BCUT2D eigenvalue weighted by atomic mass is 10.1. The summed E-state index contributed by atoms with van der Waals surface area (Å²) in [6.07, 6.45) is 0. The molecule has 40 heavy (non-hydrogen) atoms. The zero-order valence-corrected chi connectivity index (χ0v) is 21.3. The first-order valence-electron chi connectivity index (χ1n) is 12.9. The molecule has 0 fully saturated rings. The SMILES string of the molecule is O=c1c2ccccc2nc(-c2ccc(-c3nc4ccccc4c(=O)n3-c3ccccc3)cc2)n1-c1ccccc1. The van der Waals surface area contributed by atoms with Gasteiger partial charge in [-0.05, 0) is 48.5 Å². The lowest BCUT2D eigenvalue weighted by molar-refractivity contribution is 0.971. The van der Waals surface area contributed by atoms with Crippen LogP contribution in [0.5, 0.6) is 0 Å². The summed E-state index contributed by atoms with van der Waals surface area (Å²) in [5.74, 6) is 1.07. The third kappa shape index (κ3) is 3.90. The van der Waals surface area contributed by atoms with Crippen LogP contribution in [0.1, 0.15) is 0 Å². The molecule has 0 spiro atoms. The second-order valence-electron chi connectivity index (χ2n) is 9.43. The van der Waals surface area contributed by atoms with Crippen molar-refractivity contribution >= 4 is 21.8 Å². The van der Waals surface area contributed by atoms with E-state index in [1.807, 2.05) is 121 Å². The third-order valence-corrected chi connectivity index (χ3v) is 6.98. The Morgan fingerprint density at radius 1 is 0.400 bits per heavy atom. The van der Waals surface area contributed by atoms with Gasteiger partial charge in [-0.15, -0.1) is 0 Å². The molecule has 0 bridgehead atoms. The minimum Gasteiger partial charge on any atom is -0.268 e. The van der Waals surface area contributed by atoms with E-state index in [1.54, 1.807) is 21.3 Å². The van der Waals surface area contributed by atoms with Crippen LogP contribution < -0.4 is 11.1 Å². The number of benzene rings is 5. The minimum absolute atomic E-state index is 0.134. The Morgan fingerprint density at radius 3 is 1.15 bits per heavy atom. The van der Waals surface area contributed by atoms with Crippen molar-refractivity contribution in [2.24, 2.45) is 0 Å². The van der Waals surface area contributed by atoms with Gasteiger partial charge in [-0.3, -0.25) is 18.7 Å². The van der Waals surface area contributed by atoms with Crippen LogP contribution in [0.3, 0.4) is 0 Å². The van der Waals surface area contributed by atoms with Crippen LogP contribution >= 0.6 is 0 Å². The average molecular weight is 519 g/mol. The number of para-hydroxylation sites is 4. The van der Waals surface area contributed by atoms with E-state index in [1.165, 1.54) is 0 Å². The topological polar surface area (TPSA) is 69.8 Å². The molecule has 6 heteroatoms. The molecule has 0 aliphatic carbocycles. The highest BCUT2D eigenvalue weighted by Crippen LogP contribution is 2.27. The van der Waals surface area contributed by atoms with E-state index in [0.29, 0.717) is 33.5 Å². The van der Waals surface area contributed by atoms with Gasteiger partial charge in [0.05, 0.1) is 33.2 Å². The fraction of sp³-hybridized carbons (Fsp3) is 0. The first kappa shape index (κ1) is 23.5. The van der Waals surface area contributed by atoms with Crippen LogP contribution in [0.2, 0.25) is 0 Å². The quantitative estimate of drug-likeness (QED) is 0.270. The van der Waals surface area contributed by atoms with Gasteiger partial charge in [-0.1, -0.05) is 84.9 Å². The summed E-state index contributed by atoms with van der Waals surface area (Å²) in [5.41, 5.74) is 4.00. The van der Waals surface area contributed by atoms with Gasteiger partial charge >= 0.3 is 0 Å². The highest BCUT2D eigenvalue weighted by molar-refractivity contribution is 5.82. The maximum Gasteiger partial charge on any atom is 0.266 e. The van der Waals surface area contributed by atoms with Gasteiger partial charge < -0.3 is 0 Å². The molecule has 190 valence electrons. The molecule has 6 nitrogen and oxygen atoms in total. The fourth-order valence-corrected chi connectivity index (χ4v) is 5.05. The Kier molecular flexibility index (Phi) is 5.64. The number of fused-ring (bicyclic) bond motifs is 2. The summed E-state index contributed by atoms with van der Waals surface area (Å²) in [6, 6.07) is 41.4. The van der Waals surface area contributed by atoms with Crippen LogP contribution in [0.25, 0.3) is 56.0 Å². The zero-order valence-electron chi connectivity index (χ0n) is 21.3. The molecule has 0 saturated carbocycles. The Balaban J connectivity index is 1.44. The Morgan fingerprint density at radius 2 is 0.750 bits per heavy atom. The maximum atomic E-state index is 13.6. The molecule has 2 heterocycles. The largest absolute Gasteiger partial charge is 0.268 e. The molecule has 0 amide bonds. The fourth-order valence-electron chi connectivity index (χ4n) is 5.05. The number of hydrogen-bond acceptors (Lipinski definition) is 4. The standard InChI is InChI=1S/C34H22N4O2/c39-33-27-15-7-9-17-29(27)35-31(37(33)25-11-3-1-4-12-25)23-19-21-24(22-20-23)32-36-30-18-10-8-16-28(30)34(40)38(32)26-13-5-2-6-14-26/h1-22H. The molecule has 5 aromatic carbocycles. The van der Waals surface area contributed by atoms with E-state index in [2.05, 4.69) is 0 Å². The predicted molar refractivity (Wildman–Crippen MR) is 159 cm³/mol. The molecule has 7 rings (SSSR count). The van der Waals surface area contributed by atoms with E-state index in [4.69, 9.17) is 9.97 Å². The lowest BCUT2D eigenvalue weighted by Crippen LogP contribution is -2.22. The van der Waals surface area contributed by atoms with Gasteiger partial charge in [0, 0.05) is 11.1 Å². The van der Waals surface area contributed by atoms with Crippen LogP contribution in [0.4, 0.5) is 0 Å². The van der Waals surface area contributed by atoms with Crippen molar-refractivity contribution in [3.8, 4) is 34.2 Å². The van der Waals surface area contributed by atoms with Crippen molar-refractivity contribution in [2.75, 3.05) is 0 Å². The highest BCUT2D eigenvalue weighted by atomic mass is 16.1.